The fourth-order valence-corrected chi connectivity index (χ4v) is 8.80. The van der Waals surface area contributed by atoms with Crippen molar-refractivity contribution in [3.8, 4) is 0 Å². The molecule has 75 heavy (non-hydrogen) atoms. The molecule has 1 saturated carbocycles. The van der Waals surface area contributed by atoms with Gasteiger partial charge < -0.3 is 56.5 Å². The predicted molar refractivity (Wildman–Crippen MR) is 304 cm³/mol. The smallest absolute Gasteiger partial charge is 0.223 e. The van der Waals surface area contributed by atoms with Gasteiger partial charge in [0, 0.05) is 124 Å². The van der Waals surface area contributed by atoms with Crippen LogP contribution in [0.3, 0.4) is 0 Å². The first-order chi connectivity index (χ1) is 35.7. The number of ether oxygens (including phenoxy) is 2. The number of carbonyl (C=O) groups excluding carboxylic acids is 7. The molecule has 5 atom stereocenters. The molecule has 0 aromatic carbocycles. The topological polar surface area (TPSA) is 234 Å². The van der Waals surface area contributed by atoms with Crippen molar-refractivity contribution >= 4 is 41.2 Å². The number of amides is 6. The van der Waals surface area contributed by atoms with E-state index >= 15 is 0 Å². The number of Topliss-reactive ketones (excluding diaryl/α,β-unsaturated/α-hetero) is 1. The molecule has 6 heterocycles. The van der Waals surface area contributed by atoms with E-state index in [4.69, 9.17) is 15.2 Å². The Morgan fingerprint density at radius 1 is 0.867 bits per heavy atom. The predicted octanol–water partition coefficient (Wildman–Crippen LogP) is 6.23. The number of carbonyl (C=O) groups is 7. The number of hydrogen-bond acceptors (Lipinski definition) is 12. The molecule has 6 saturated heterocycles. The van der Waals surface area contributed by atoms with Crippen LogP contribution in [0.1, 0.15) is 184 Å². The lowest BCUT2D eigenvalue weighted by Crippen LogP contribution is -2.44. The number of nitrogens with one attached hydrogen (secondary N) is 5. The Bertz CT molecular complexity index is 1520. The molecule has 18 nitrogen and oxygen atoms in total. The summed E-state index contributed by atoms with van der Waals surface area (Å²) in [5.74, 6) is 2.79. The van der Waals surface area contributed by atoms with Crippen LogP contribution < -0.4 is 32.3 Å². The van der Waals surface area contributed by atoms with E-state index in [1.165, 1.54) is 57.9 Å². The van der Waals surface area contributed by atoms with E-state index in [9.17, 15) is 33.6 Å². The lowest BCUT2D eigenvalue weighted by atomic mass is 9.70. The zero-order valence-electron chi connectivity index (χ0n) is 50.0. The molecule has 0 radical (unpaired) electrons. The average Bonchev–Trinajstić information content (AvgIpc) is 4.09. The van der Waals surface area contributed by atoms with Crippen molar-refractivity contribution in [1.29, 1.82) is 0 Å². The Labute approximate surface area is 456 Å². The minimum Gasteiger partial charge on any atom is -0.381 e. The first-order valence-electron chi connectivity index (χ1n) is 29.0. The number of fused-ring (bicyclic) bond motifs is 2. The Morgan fingerprint density at radius 2 is 1.53 bits per heavy atom. The fourth-order valence-electron chi connectivity index (χ4n) is 8.80. The van der Waals surface area contributed by atoms with Crippen LogP contribution in [0.5, 0.6) is 0 Å². The number of nitrogens with two attached hydrogens (primary N) is 1. The maximum Gasteiger partial charge on any atom is 0.223 e. The van der Waals surface area contributed by atoms with Crippen LogP contribution in [0.4, 0.5) is 0 Å². The lowest BCUT2D eigenvalue weighted by Gasteiger charge is -2.46. The van der Waals surface area contributed by atoms with Gasteiger partial charge in [0.25, 0.3) is 0 Å². The third-order valence-electron chi connectivity index (χ3n) is 14.1. The minimum atomic E-state index is -0.357. The van der Waals surface area contributed by atoms with Gasteiger partial charge in [-0.2, -0.15) is 0 Å². The van der Waals surface area contributed by atoms with Gasteiger partial charge in [-0.3, -0.25) is 33.6 Å². The monoisotopic (exact) mass is 1070 g/mol. The molecular formula is C57H113N9O9. The molecule has 1 aliphatic carbocycles. The second-order valence-corrected chi connectivity index (χ2v) is 20.7. The van der Waals surface area contributed by atoms with Crippen LogP contribution in [0.25, 0.3) is 0 Å². The number of piperidine rings is 1. The third kappa shape index (κ3) is 36.9. The fraction of sp³-hybridized carbons (Fsp3) is 0.877. The average molecular weight is 1070 g/mol. The van der Waals surface area contributed by atoms with E-state index in [1.54, 1.807) is 49.7 Å². The minimum absolute atomic E-state index is 0.0111. The summed E-state index contributed by atoms with van der Waals surface area (Å²) in [5.41, 5.74) is 5.39. The van der Waals surface area contributed by atoms with Crippen molar-refractivity contribution in [3.05, 3.63) is 0 Å². The van der Waals surface area contributed by atoms with Crippen molar-refractivity contribution in [2.75, 3.05) is 94.3 Å². The Morgan fingerprint density at radius 3 is 1.85 bits per heavy atom. The zero-order valence-corrected chi connectivity index (χ0v) is 50.0. The summed E-state index contributed by atoms with van der Waals surface area (Å²) in [5, 5.41) is 14.6. The highest BCUT2D eigenvalue weighted by Gasteiger charge is 2.39. The van der Waals surface area contributed by atoms with Gasteiger partial charge >= 0.3 is 0 Å². The zero-order chi connectivity index (χ0) is 57.1. The SMILES string of the molecule is CCC(=O)N(C)C.CCC(=O)NCC(=O)CC(CCCN)C(=O)NC.CCC1CCC(=O)N1.CCC1CCCN1.CCC1OCC2CC1C2.CCCC1COC1.CCCN(C)C(C)=O.CCNC1CCN(C)C(=O)C1. The number of ketones is 1. The molecule has 0 aromatic rings. The van der Waals surface area contributed by atoms with E-state index < -0.39 is 0 Å². The van der Waals surface area contributed by atoms with Gasteiger partial charge in [-0.25, -0.2) is 0 Å². The molecule has 440 valence electrons. The summed E-state index contributed by atoms with van der Waals surface area (Å²) in [7, 11) is 8.73. The van der Waals surface area contributed by atoms with Gasteiger partial charge in [-0.05, 0) is 115 Å². The lowest BCUT2D eigenvalue weighted by molar-refractivity contribution is -0.132. The number of nitrogens with zero attached hydrogens (tertiary/aromatic N) is 3. The first-order valence-corrected chi connectivity index (χ1v) is 29.0. The van der Waals surface area contributed by atoms with Crippen LogP contribution in [-0.4, -0.2) is 174 Å². The Balaban J connectivity index is 0. The normalized spacial score (nSPS) is 22.1. The summed E-state index contributed by atoms with van der Waals surface area (Å²) in [4.78, 5) is 81.8. The van der Waals surface area contributed by atoms with Crippen molar-refractivity contribution in [1.82, 2.24) is 41.3 Å². The van der Waals surface area contributed by atoms with Gasteiger partial charge in [0.15, 0.2) is 5.78 Å². The highest BCUT2D eigenvalue weighted by atomic mass is 16.5. The molecule has 0 spiro atoms. The standard InChI is InChI=1S/C12H23N3O3.C8H16N2O.C8H14O.C6H11NO.C6H13NO.C6H13N.C6H12O.C5H11NO/c1-3-11(17)15-8-10(16)7-9(5-4-6-13)12(18)14-2;1-3-9-7-4-5-10(2)8(11)6-7;1-2-8-7-3-6(4-7)5-9-8;1-2-5-3-4-6(8)7-5;1-4-5-7(3)6(2)8;1-2-6-4-3-5-7-6;1-2-3-6-4-7-5-6;1-4-5(7)6(2)3/h9H,3-8,13H2,1-2H3,(H,14,18)(H,15,17);7,9H,3-6H2,1-2H3;6-8H,2-5H2,1H3;5H,2-4H2,1H3,(H,7,8);4-5H2,1-3H3;6-7H,2-5H2,1H3;6H,2-5H2,1H3;4H2,1-3H3. The first kappa shape index (κ1) is 73.4. The summed E-state index contributed by atoms with van der Waals surface area (Å²) >= 11 is 0. The summed E-state index contributed by atoms with van der Waals surface area (Å²) in [6.07, 6.45) is 19.6. The third-order valence-corrected chi connectivity index (χ3v) is 14.1. The molecule has 6 aliphatic heterocycles. The molecular weight excluding hydrogens is 955 g/mol. The molecule has 7 fully saturated rings. The summed E-state index contributed by atoms with van der Waals surface area (Å²) in [6, 6.07) is 1.74. The number of likely N-dealkylation sites (tertiary alicyclic amines) is 1. The molecule has 7 rings (SSSR count). The van der Waals surface area contributed by atoms with Gasteiger partial charge in [0.2, 0.25) is 35.4 Å². The maximum absolute atomic E-state index is 11.6. The van der Waals surface area contributed by atoms with E-state index in [0.29, 0.717) is 56.8 Å². The molecule has 7 aliphatic rings. The molecule has 18 heteroatoms. The van der Waals surface area contributed by atoms with Crippen LogP contribution in [0.2, 0.25) is 0 Å². The second kappa shape index (κ2) is 46.4. The van der Waals surface area contributed by atoms with E-state index in [-0.39, 0.29) is 60.1 Å². The number of rotatable bonds is 19. The quantitative estimate of drug-likeness (QED) is 0.0846. The van der Waals surface area contributed by atoms with E-state index in [0.717, 1.165) is 95.4 Å². The summed E-state index contributed by atoms with van der Waals surface area (Å²) < 4.78 is 10.6. The van der Waals surface area contributed by atoms with Crippen LogP contribution in [0.15, 0.2) is 0 Å². The Hall–Kier alpha value is -3.71. The molecule has 0 aromatic heterocycles. The Kier molecular flexibility index (Phi) is 45.4. The van der Waals surface area contributed by atoms with Gasteiger partial charge in [-0.1, -0.05) is 61.8 Å². The van der Waals surface area contributed by atoms with Crippen molar-refractivity contribution in [3.63, 3.8) is 0 Å². The van der Waals surface area contributed by atoms with Crippen LogP contribution in [-0.2, 0) is 43.0 Å². The molecule has 2 bridgehead atoms. The van der Waals surface area contributed by atoms with Crippen molar-refractivity contribution in [2.24, 2.45) is 29.4 Å². The second-order valence-electron chi connectivity index (χ2n) is 20.7. The van der Waals surface area contributed by atoms with Gasteiger partial charge in [-0.15, -0.1) is 0 Å². The summed E-state index contributed by atoms with van der Waals surface area (Å²) in [6.45, 7) is 25.6. The highest BCUT2D eigenvalue weighted by molar-refractivity contribution is 5.90. The van der Waals surface area contributed by atoms with Crippen molar-refractivity contribution in [2.45, 2.75) is 209 Å². The largest absolute Gasteiger partial charge is 0.381 e. The van der Waals surface area contributed by atoms with E-state index in [2.05, 4.69) is 68.1 Å². The van der Waals surface area contributed by atoms with E-state index in [1.807, 2.05) is 21.0 Å². The van der Waals surface area contributed by atoms with Crippen molar-refractivity contribution < 1.29 is 43.0 Å². The number of hydrogen-bond donors (Lipinski definition) is 6. The molecule has 7 N–H and O–H groups in total. The van der Waals surface area contributed by atoms with Gasteiger partial charge in [0.05, 0.1) is 25.9 Å². The molecule has 5 unspecified atom stereocenters. The van der Waals surface area contributed by atoms with Crippen LogP contribution >= 0.6 is 0 Å². The highest BCUT2D eigenvalue weighted by Crippen LogP contribution is 2.43. The molecule has 6 amide bonds. The van der Waals surface area contributed by atoms with Gasteiger partial charge in [0.1, 0.15) is 0 Å². The van der Waals surface area contributed by atoms with Crippen LogP contribution in [0, 0.1) is 23.7 Å². The maximum atomic E-state index is 11.6.